The number of fused-ring (bicyclic) bond motifs is 1. The van der Waals surface area contributed by atoms with Crippen LogP contribution in [-0.2, 0) is 11.8 Å². The molecule has 3 N–H and O–H groups in total. The summed E-state index contributed by atoms with van der Waals surface area (Å²) >= 11 is 1.41. The van der Waals surface area contributed by atoms with E-state index in [0.717, 1.165) is 10.9 Å². The maximum atomic E-state index is 12.2. The van der Waals surface area contributed by atoms with Crippen molar-refractivity contribution in [3.8, 4) is 0 Å². The summed E-state index contributed by atoms with van der Waals surface area (Å²) in [5.74, 6) is 0.209. The SMILES string of the molecule is Cn1nnnc1SCCC(=O)NCCNC(=O)c1n[nH]c2ccccc12. The summed E-state index contributed by atoms with van der Waals surface area (Å²) in [6.45, 7) is 0.676. The van der Waals surface area contributed by atoms with Gasteiger partial charge in [0.15, 0.2) is 5.69 Å². The molecule has 1 aromatic carbocycles. The van der Waals surface area contributed by atoms with Crippen LogP contribution in [0.15, 0.2) is 29.4 Å². The molecule has 0 fully saturated rings. The molecule has 3 rings (SSSR count). The predicted octanol–water partition coefficient (Wildman–Crippen LogP) is 0.115. The number of benzene rings is 1. The number of nitrogens with zero attached hydrogens (tertiary/aromatic N) is 5. The highest BCUT2D eigenvalue weighted by Crippen LogP contribution is 2.14. The Morgan fingerprint density at radius 2 is 2.04 bits per heavy atom. The van der Waals surface area contributed by atoms with Gasteiger partial charge in [0.2, 0.25) is 11.1 Å². The number of carbonyl (C=O) groups is 2. The Morgan fingerprint density at radius 3 is 2.85 bits per heavy atom. The summed E-state index contributed by atoms with van der Waals surface area (Å²) in [6.07, 6.45) is 0.343. The monoisotopic (exact) mass is 374 g/mol. The number of amides is 2. The van der Waals surface area contributed by atoms with E-state index in [9.17, 15) is 9.59 Å². The molecule has 0 saturated heterocycles. The molecule has 0 unspecified atom stereocenters. The van der Waals surface area contributed by atoms with Crippen molar-refractivity contribution in [2.75, 3.05) is 18.8 Å². The third-order valence-corrected chi connectivity index (χ3v) is 4.57. The van der Waals surface area contributed by atoms with E-state index < -0.39 is 0 Å². The van der Waals surface area contributed by atoms with E-state index in [1.54, 1.807) is 11.7 Å². The molecule has 10 nitrogen and oxygen atoms in total. The lowest BCUT2D eigenvalue weighted by atomic mass is 10.2. The summed E-state index contributed by atoms with van der Waals surface area (Å²) in [4.78, 5) is 24.0. The highest BCUT2D eigenvalue weighted by atomic mass is 32.2. The van der Waals surface area contributed by atoms with Crippen molar-refractivity contribution >= 4 is 34.5 Å². The van der Waals surface area contributed by atoms with Gasteiger partial charge in [0.25, 0.3) is 5.91 Å². The molecular formula is C15H18N8O2S. The maximum absolute atomic E-state index is 12.2. The topological polar surface area (TPSA) is 130 Å². The van der Waals surface area contributed by atoms with Crippen LogP contribution in [0.4, 0.5) is 0 Å². The summed E-state index contributed by atoms with van der Waals surface area (Å²) in [5.41, 5.74) is 1.15. The van der Waals surface area contributed by atoms with E-state index in [4.69, 9.17) is 0 Å². The first kappa shape index (κ1) is 17.9. The number of tetrazole rings is 1. The molecule has 26 heavy (non-hydrogen) atoms. The van der Waals surface area contributed by atoms with E-state index in [1.165, 1.54) is 11.8 Å². The smallest absolute Gasteiger partial charge is 0.272 e. The fourth-order valence-corrected chi connectivity index (χ4v) is 3.05. The molecule has 136 valence electrons. The van der Waals surface area contributed by atoms with Crippen molar-refractivity contribution in [1.82, 2.24) is 41.0 Å². The van der Waals surface area contributed by atoms with Gasteiger partial charge in [0, 0.05) is 37.7 Å². The lowest BCUT2D eigenvalue weighted by molar-refractivity contribution is -0.120. The highest BCUT2D eigenvalue weighted by molar-refractivity contribution is 7.99. The van der Waals surface area contributed by atoms with Crippen LogP contribution in [-0.4, -0.2) is 61.1 Å². The van der Waals surface area contributed by atoms with Crippen molar-refractivity contribution in [2.45, 2.75) is 11.6 Å². The molecule has 0 aliphatic carbocycles. The number of nitrogens with one attached hydrogen (secondary N) is 3. The number of aryl methyl sites for hydroxylation is 1. The van der Waals surface area contributed by atoms with Crippen LogP contribution >= 0.6 is 11.8 Å². The van der Waals surface area contributed by atoms with Gasteiger partial charge in [-0.05, 0) is 16.5 Å². The van der Waals surface area contributed by atoms with Crippen LogP contribution in [0.5, 0.6) is 0 Å². The summed E-state index contributed by atoms with van der Waals surface area (Å²) in [5, 5.41) is 24.9. The zero-order valence-corrected chi connectivity index (χ0v) is 14.9. The predicted molar refractivity (Wildman–Crippen MR) is 95.6 cm³/mol. The molecular weight excluding hydrogens is 356 g/mol. The molecule has 2 heterocycles. The molecule has 3 aromatic rings. The standard InChI is InChI=1S/C15H18N8O2S/c1-23-15(20-21-22-23)26-9-6-12(24)16-7-8-17-14(25)13-10-4-2-3-5-11(10)18-19-13/h2-5H,6-9H2,1H3,(H,16,24)(H,17,25)(H,18,19). The van der Waals surface area contributed by atoms with Gasteiger partial charge in [-0.2, -0.15) is 5.10 Å². The van der Waals surface area contributed by atoms with Gasteiger partial charge in [0.05, 0.1) is 5.52 Å². The largest absolute Gasteiger partial charge is 0.354 e. The van der Waals surface area contributed by atoms with Crippen molar-refractivity contribution in [3.63, 3.8) is 0 Å². The number of thioether (sulfide) groups is 1. The van der Waals surface area contributed by atoms with E-state index in [-0.39, 0.29) is 11.8 Å². The van der Waals surface area contributed by atoms with Crippen molar-refractivity contribution in [2.24, 2.45) is 7.05 Å². The number of carbonyl (C=O) groups excluding carboxylic acids is 2. The molecule has 0 spiro atoms. The molecule has 0 aliphatic heterocycles. The Labute approximate surface area is 153 Å². The second-order valence-electron chi connectivity index (χ2n) is 5.41. The maximum Gasteiger partial charge on any atom is 0.272 e. The molecule has 0 aliphatic rings. The average Bonchev–Trinajstić information content (AvgIpc) is 3.25. The first-order chi connectivity index (χ1) is 12.6. The third-order valence-electron chi connectivity index (χ3n) is 3.56. The van der Waals surface area contributed by atoms with Crippen molar-refractivity contribution in [1.29, 1.82) is 0 Å². The Bertz CT molecular complexity index is 906. The average molecular weight is 374 g/mol. The second-order valence-corrected chi connectivity index (χ2v) is 6.47. The van der Waals surface area contributed by atoms with Crippen LogP contribution in [0, 0.1) is 0 Å². The number of H-pyrrole nitrogens is 1. The van der Waals surface area contributed by atoms with Gasteiger partial charge in [-0.25, -0.2) is 4.68 Å². The minimum absolute atomic E-state index is 0.0907. The van der Waals surface area contributed by atoms with Crippen LogP contribution in [0.25, 0.3) is 10.9 Å². The molecule has 2 aromatic heterocycles. The normalized spacial score (nSPS) is 10.8. The van der Waals surface area contributed by atoms with Gasteiger partial charge < -0.3 is 10.6 Å². The molecule has 0 atom stereocenters. The number of hydrogen-bond donors (Lipinski definition) is 3. The van der Waals surface area contributed by atoms with Crippen LogP contribution in [0.1, 0.15) is 16.9 Å². The number of aromatic amines is 1. The molecule has 0 bridgehead atoms. The fourth-order valence-electron chi connectivity index (χ4n) is 2.27. The first-order valence-electron chi connectivity index (χ1n) is 7.98. The zero-order chi connectivity index (χ0) is 18.4. The van der Waals surface area contributed by atoms with E-state index in [0.29, 0.717) is 36.1 Å². The number of aromatic nitrogens is 6. The number of para-hydroxylation sites is 1. The van der Waals surface area contributed by atoms with E-state index >= 15 is 0 Å². The summed E-state index contributed by atoms with van der Waals surface area (Å²) < 4.78 is 1.55. The first-order valence-corrected chi connectivity index (χ1v) is 8.97. The van der Waals surface area contributed by atoms with E-state index in [2.05, 4.69) is 36.4 Å². The molecule has 0 saturated carbocycles. The number of hydrogen-bond acceptors (Lipinski definition) is 7. The Morgan fingerprint density at radius 1 is 1.23 bits per heavy atom. The third kappa shape index (κ3) is 4.36. The summed E-state index contributed by atoms with van der Waals surface area (Å²) in [7, 11) is 1.74. The van der Waals surface area contributed by atoms with Crippen molar-refractivity contribution in [3.05, 3.63) is 30.0 Å². The van der Waals surface area contributed by atoms with Gasteiger partial charge in [0.1, 0.15) is 0 Å². The van der Waals surface area contributed by atoms with E-state index in [1.807, 2.05) is 24.3 Å². The quantitative estimate of drug-likeness (QED) is 0.377. The van der Waals surface area contributed by atoms with Gasteiger partial charge in [-0.3, -0.25) is 14.7 Å². The van der Waals surface area contributed by atoms with Gasteiger partial charge in [-0.15, -0.1) is 5.10 Å². The minimum Gasteiger partial charge on any atom is -0.354 e. The molecule has 0 radical (unpaired) electrons. The minimum atomic E-state index is -0.276. The van der Waals surface area contributed by atoms with Crippen molar-refractivity contribution < 1.29 is 9.59 Å². The van der Waals surface area contributed by atoms with Gasteiger partial charge >= 0.3 is 0 Å². The zero-order valence-electron chi connectivity index (χ0n) is 14.1. The second kappa shape index (κ2) is 8.43. The highest BCUT2D eigenvalue weighted by Gasteiger charge is 2.13. The lowest BCUT2D eigenvalue weighted by Gasteiger charge is -2.06. The number of rotatable bonds is 8. The summed E-state index contributed by atoms with van der Waals surface area (Å²) in [6, 6.07) is 7.41. The van der Waals surface area contributed by atoms with Crippen LogP contribution in [0.3, 0.4) is 0 Å². The van der Waals surface area contributed by atoms with Gasteiger partial charge in [-0.1, -0.05) is 30.0 Å². The Hall–Kier alpha value is -2.95. The Balaban J connectivity index is 1.35. The molecule has 11 heteroatoms. The van der Waals surface area contributed by atoms with Crippen LogP contribution in [0.2, 0.25) is 0 Å². The van der Waals surface area contributed by atoms with Crippen LogP contribution < -0.4 is 10.6 Å². The lowest BCUT2D eigenvalue weighted by Crippen LogP contribution is -2.35. The fraction of sp³-hybridized carbons (Fsp3) is 0.333. The molecule has 2 amide bonds. The Kier molecular flexibility index (Phi) is 5.79.